The normalized spacial score (nSPS) is 48.0. The van der Waals surface area contributed by atoms with Gasteiger partial charge in [-0.1, -0.05) is 32.4 Å². The number of ketones is 1. The van der Waals surface area contributed by atoms with Crippen LogP contribution in [-0.4, -0.2) is 28.1 Å². The molecule has 4 rings (SSSR count). The fourth-order valence-corrected chi connectivity index (χ4v) is 8.55. The first-order valence-corrected chi connectivity index (χ1v) is 12.2. The van der Waals surface area contributed by atoms with Crippen molar-refractivity contribution in [1.29, 1.82) is 0 Å². The number of carbonyl (C=O) groups excluding carboxylic acids is 1. The Bertz CT molecular complexity index is 741. The molecule has 0 bridgehead atoms. The van der Waals surface area contributed by atoms with Gasteiger partial charge in [0.15, 0.2) is 0 Å². The summed E-state index contributed by atoms with van der Waals surface area (Å²) in [4.78, 5) is 24.9. The smallest absolute Gasteiger partial charge is 0.303 e. The number of hydrogen-bond donors (Lipinski definition) is 2. The Kier molecular flexibility index (Phi) is 5.70. The van der Waals surface area contributed by atoms with Crippen LogP contribution in [0.2, 0.25) is 0 Å². The van der Waals surface area contributed by atoms with Gasteiger partial charge in [0.1, 0.15) is 5.78 Å². The number of carboxylic acid groups (broad SMARTS) is 1. The van der Waals surface area contributed by atoms with E-state index >= 15 is 0 Å². The minimum Gasteiger partial charge on any atom is -0.481 e. The summed E-state index contributed by atoms with van der Waals surface area (Å²) in [6, 6.07) is 0. The summed E-state index contributed by atoms with van der Waals surface area (Å²) in [5.41, 5.74) is 1.37. The third-order valence-electron chi connectivity index (χ3n) is 10.3. The molecule has 0 aliphatic heterocycles. The van der Waals surface area contributed by atoms with E-state index in [0.29, 0.717) is 48.2 Å². The van der Waals surface area contributed by atoms with Gasteiger partial charge in [-0.3, -0.25) is 9.59 Å². The van der Waals surface area contributed by atoms with Crippen molar-refractivity contribution in [1.82, 2.24) is 0 Å². The number of carboxylic acids is 1. The van der Waals surface area contributed by atoms with Gasteiger partial charge >= 0.3 is 5.97 Å². The van der Waals surface area contributed by atoms with Crippen molar-refractivity contribution in [2.75, 3.05) is 0 Å². The second-order valence-electron chi connectivity index (χ2n) is 11.4. The molecule has 0 spiro atoms. The van der Waals surface area contributed by atoms with Gasteiger partial charge < -0.3 is 10.2 Å². The van der Waals surface area contributed by atoms with Gasteiger partial charge in [-0.25, -0.2) is 0 Å². The maximum atomic E-state index is 13.8. The number of aliphatic hydroxyl groups is 1. The number of hydrogen-bond acceptors (Lipinski definition) is 3. The summed E-state index contributed by atoms with van der Waals surface area (Å²) in [6.45, 7) is 8.95. The summed E-state index contributed by atoms with van der Waals surface area (Å²) in [7, 11) is 0. The monoisotopic (exact) mass is 416 g/mol. The van der Waals surface area contributed by atoms with Crippen LogP contribution in [0.5, 0.6) is 0 Å². The molecule has 0 amide bonds. The highest BCUT2D eigenvalue weighted by atomic mass is 16.4. The summed E-state index contributed by atoms with van der Waals surface area (Å²) >= 11 is 0. The van der Waals surface area contributed by atoms with Crippen LogP contribution >= 0.6 is 0 Å². The number of rotatable bonds is 4. The van der Waals surface area contributed by atoms with Crippen molar-refractivity contribution in [2.45, 2.75) is 91.6 Å². The fourth-order valence-electron chi connectivity index (χ4n) is 8.55. The zero-order valence-corrected chi connectivity index (χ0v) is 19.2. The lowest BCUT2D eigenvalue weighted by molar-refractivity contribution is -0.154. The number of fused-ring (bicyclic) bond motifs is 5. The Balaban J connectivity index is 1.66. The molecule has 0 aromatic heterocycles. The van der Waals surface area contributed by atoms with Crippen LogP contribution < -0.4 is 0 Å². The van der Waals surface area contributed by atoms with Crippen molar-refractivity contribution in [2.24, 2.45) is 46.3 Å². The van der Waals surface area contributed by atoms with E-state index in [1.807, 2.05) is 0 Å². The number of allylic oxidation sites excluding steroid dienone is 2. The highest BCUT2D eigenvalue weighted by Crippen LogP contribution is 2.68. The number of aliphatic hydroxyl groups excluding tert-OH is 1. The van der Waals surface area contributed by atoms with Crippen molar-refractivity contribution in [3.63, 3.8) is 0 Å². The van der Waals surface area contributed by atoms with Crippen molar-refractivity contribution in [3.8, 4) is 0 Å². The Morgan fingerprint density at radius 2 is 1.93 bits per heavy atom. The molecule has 0 unspecified atom stereocenters. The van der Waals surface area contributed by atoms with E-state index in [4.69, 9.17) is 5.11 Å². The van der Waals surface area contributed by atoms with E-state index in [1.165, 1.54) is 5.57 Å². The Labute approximate surface area is 181 Å². The second kappa shape index (κ2) is 7.76. The summed E-state index contributed by atoms with van der Waals surface area (Å²) < 4.78 is 0. The van der Waals surface area contributed by atoms with Crippen molar-refractivity contribution < 1.29 is 19.8 Å². The second-order valence-corrected chi connectivity index (χ2v) is 11.4. The van der Waals surface area contributed by atoms with Gasteiger partial charge in [-0.2, -0.15) is 0 Å². The SMILES string of the molecule is C/C=C1\C[C@@H]2C[C@H](O)CC[C@]2(C)[C@H]2CC(=O)[C@]3(C)[C@@H]([C@H](C)CCC(=O)O)CC[C@H]3[C@H]12. The Hall–Kier alpha value is -1.16. The average Bonchev–Trinajstić information content (AvgIpc) is 3.06. The van der Waals surface area contributed by atoms with Crippen LogP contribution in [0.15, 0.2) is 11.6 Å². The molecule has 4 saturated carbocycles. The molecule has 0 radical (unpaired) electrons. The molecule has 4 nitrogen and oxygen atoms in total. The van der Waals surface area contributed by atoms with Crippen LogP contribution in [0.3, 0.4) is 0 Å². The van der Waals surface area contributed by atoms with Gasteiger partial charge in [-0.15, -0.1) is 0 Å². The van der Waals surface area contributed by atoms with Gasteiger partial charge in [0.25, 0.3) is 0 Å². The molecule has 0 aromatic carbocycles. The lowest BCUT2D eigenvalue weighted by Gasteiger charge is -2.61. The van der Waals surface area contributed by atoms with E-state index in [-0.39, 0.29) is 29.3 Å². The molecule has 4 aliphatic carbocycles. The molecule has 0 aromatic rings. The standard InChI is InChI=1S/C26H40O4/c1-5-16-12-17-13-18(27)10-11-25(17,3)21-14-22(28)26(4)19(7-8-20(26)24(16)21)15(2)6-9-23(29)30/h5,15,17-21,24,27H,6-14H2,1-4H3,(H,29,30)/b16-5+/t15-,17-,18-,19-,20+,21+,24+,25+,26-/m1/s1. The number of Topliss-reactive ketones (excluding diaryl/α,β-unsaturated/α-hetero) is 1. The van der Waals surface area contributed by atoms with Crippen LogP contribution in [0, 0.1) is 46.3 Å². The highest BCUT2D eigenvalue weighted by molar-refractivity contribution is 5.87. The molecule has 4 aliphatic rings. The van der Waals surface area contributed by atoms with E-state index in [2.05, 4.69) is 33.8 Å². The number of carbonyl (C=O) groups is 2. The lowest BCUT2D eigenvalue weighted by atomic mass is 9.43. The van der Waals surface area contributed by atoms with Crippen LogP contribution in [0.1, 0.15) is 85.5 Å². The topological polar surface area (TPSA) is 74.6 Å². The molecule has 4 heteroatoms. The highest BCUT2D eigenvalue weighted by Gasteiger charge is 2.64. The molecule has 168 valence electrons. The first-order valence-electron chi connectivity index (χ1n) is 12.2. The van der Waals surface area contributed by atoms with Gasteiger partial charge in [0.05, 0.1) is 6.10 Å². The van der Waals surface area contributed by atoms with E-state index in [1.54, 1.807) is 0 Å². The van der Waals surface area contributed by atoms with Gasteiger partial charge in [0.2, 0.25) is 0 Å². The minimum absolute atomic E-state index is 0.153. The summed E-state index contributed by atoms with van der Waals surface area (Å²) in [5, 5.41) is 19.5. The largest absolute Gasteiger partial charge is 0.481 e. The van der Waals surface area contributed by atoms with Crippen LogP contribution in [-0.2, 0) is 9.59 Å². The minimum atomic E-state index is -0.737. The third-order valence-corrected chi connectivity index (χ3v) is 10.3. The Morgan fingerprint density at radius 3 is 2.60 bits per heavy atom. The van der Waals surface area contributed by atoms with Crippen LogP contribution in [0.4, 0.5) is 0 Å². The molecule has 0 saturated heterocycles. The van der Waals surface area contributed by atoms with Crippen molar-refractivity contribution in [3.05, 3.63) is 11.6 Å². The zero-order valence-electron chi connectivity index (χ0n) is 19.2. The molecule has 30 heavy (non-hydrogen) atoms. The van der Waals surface area contributed by atoms with Crippen LogP contribution in [0.25, 0.3) is 0 Å². The van der Waals surface area contributed by atoms with Gasteiger partial charge in [0, 0.05) is 18.3 Å². The fraction of sp³-hybridized carbons (Fsp3) is 0.846. The first-order chi connectivity index (χ1) is 14.1. The molecule has 0 heterocycles. The van der Waals surface area contributed by atoms with E-state index in [9.17, 15) is 14.7 Å². The number of aliphatic carboxylic acids is 1. The molecule has 4 fully saturated rings. The van der Waals surface area contributed by atoms with Crippen molar-refractivity contribution >= 4 is 11.8 Å². The zero-order chi connectivity index (χ0) is 21.8. The summed E-state index contributed by atoms with van der Waals surface area (Å²) in [6.07, 6.45) is 9.65. The third kappa shape index (κ3) is 3.20. The van der Waals surface area contributed by atoms with E-state index < -0.39 is 5.97 Å². The predicted octanol–water partition coefficient (Wildman–Crippen LogP) is 5.24. The molecule has 2 N–H and O–H groups in total. The molecular formula is C26H40O4. The first kappa shape index (κ1) is 22.0. The maximum absolute atomic E-state index is 13.8. The molecular weight excluding hydrogens is 376 g/mol. The summed E-state index contributed by atoms with van der Waals surface area (Å²) in [5.74, 6) is 2.00. The Morgan fingerprint density at radius 1 is 1.20 bits per heavy atom. The molecule has 9 atom stereocenters. The quantitative estimate of drug-likeness (QED) is 0.614. The maximum Gasteiger partial charge on any atom is 0.303 e. The average molecular weight is 417 g/mol. The predicted molar refractivity (Wildman–Crippen MR) is 117 cm³/mol. The lowest BCUT2D eigenvalue weighted by Crippen LogP contribution is -2.58. The van der Waals surface area contributed by atoms with E-state index in [0.717, 1.165) is 38.5 Å². The van der Waals surface area contributed by atoms with Gasteiger partial charge in [-0.05, 0) is 92.8 Å².